The van der Waals surface area contributed by atoms with Crippen LogP contribution in [0, 0.1) is 11.6 Å². The van der Waals surface area contributed by atoms with Crippen molar-refractivity contribution in [3.63, 3.8) is 0 Å². The third-order valence-corrected chi connectivity index (χ3v) is 6.06. The largest absolute Gasteiger partial charge is 0.350 e. The minimum absolute atomic E-state index is 0.00646. The molecular formula is C25H21F2N3O2S. The van der Waals surface area contributed by atoms with Crippen LogP contribution >= 0.6 is 11.8 Å². The molecule has 4 aromatic rings. The molecule has 0 fully saturated rings. The van der Waals surface area contributed by atoms with Crippen molar-refractivity contribution >= 4 is 40.2 Å². The van der Waals surface area contributed by atoms with Gasteiger partial charge in [-0.05, 0) is 30.3 Å². The standard InChI is InChI=1S/C25H21F2N3O2S/c26-19-9-3-1-7-17(19)25(32)28-13-14-30-15-23(18-8-2-6-12-22(18)30)33-16-24(31)29-21-11-5-4-10-20(21)27/h1-12,15H,13-14,16H2,(H,28,32)(H,29,31). The summed E-state index contributed by atoms with van der Waals surface area (Å²) in [7, 11) is 0. The van der Waals surface area contributed by atoms with E-state index in [-0.39, 0.29) is 22.9 Å². The number of carbonyl (C=O) groups is 2. The Hall–Kier alpha value is -3.65. The minimum Gasteiger partial charge on any atom is -0.350 e. The molecule has 8 heteroatoms. The summed E-state index contributed by atoms with van der Waals surface area (Å²) in [6, 6.07) is 19.6. The highest BCUT2D eigenvalue weighted by molar-refractivity contribution is 8.00. The number of thioether (sulfide) groups is 1. The van der Waals surface area contributed by atoms with E-state index in [4.69, 9.17) is 0 Å². The Bertz CT molecular complexity index is 1310. The van der Waals surface area contributed by atoms with Gasteiger partial charge in [-0.2, -0.15) is 0 Å². The molecule has 5 nitrogen and oxygen atoms in total. The Morgan fingerprint density at radius 2 is 1.58 bits per heavy atom. The van der Waals surface area contributed by atoms with Crippen molar-refractivity contribution in [3.05, 3.63) is 96.2 Å². The molecule has 0 radical (unpaired) electrons. The smallest absolute Gasteiger partial charge is 0.254 e. The number of para-hydroxylation sites is 2. The molecule has 1 heterocycles. The fraction of sp³-hybridized carbons (Fsp3) is 0.120. The third-order valence-electron chi connectivity index (χ3n) is 5.02. The molecule has 0 bridgehead atoms. The Balaban J connectivity index is 1.40. The zero-order chi connectivity index (χ0) is 23.2. The van der Waals surface area contributed by atoms with E-state index < -0.39 is 17.5 Å². The molecule has 0 atom stereocenters. The molecule has 4 rings (SSSR count). The number of amides is 2. The second-order valence-electron chi connectivity index (χ2n) is 7.26. The summed E-state index contributed by atoms with van der Waals surface area (Å²) in [6.45, 7) is 0.784. The van der Waals surface area contributed by atoms with E-state index >= 15 is 0 Å². The summed E-state index contributed by atoms with van der Waals surface area (Å²) >= 11 is 1.35. The maximum absolute atomic E-state index is 13.8. The summed E-state index contributed by atoms with van der Waals surface area (Å²) in [6.07, 6.45) is 1.92. The molecule has 0 saturated heterocycles. The number of carbonyl (C=O) groups excluding carboxylic acids is 2. The van der Waals surface area contributed by atoms with E-state index in [0.717, 1.165) is 15.8 Å². The van der Waals surface area contributed by atoms with Gasteiger partial charge in [-0.3, -0.25) is 9.59 Å². The van der Waals surface area contributed by atoms with Crippen LogP contribution in [0.2, 0.25) is 0 Å². The maximum atomic E-state index is 13.8. The topological polar surface area (TPSA) is 63.1 Å². The fourth-order valence-corrected chi connectivity index (χ4v) is 4.32. The average Bonchev–Trinajstić information content (AvgIpc) is 3.17. The monoisotopic (exact) mass is 465 g/mol. The number of nitrogens with zero attached hydrogens (tertiary/aromatic N) is 1. The number of rotatable bonds is 8. The van der Waals surface area contributed by atoms with E-state index in [1.165, 1.54) is 42.1 Å². The number of anilines is 1. The molecule has 2 amide bonds. The lowest BCUT2D eigenvalue weighted by Gasteiger charge is -2.08. The van der Waals surface area contributed by atoms with E-state index in [0.29, 0.717) is 13.1 Å². The van der Waals surface area contributed by atoms with Crippen LogP contribution in [0.4, 0.5) is 14.5 Å². The van der Waals surface area contributed by atoms with Gasteiger partial charge in [0.1, 0.15) is 11.6 Å². The number of aromatic nitrogens is 1. The van der Waals surface area contributed by atoms with E-state index in [1.54, 1.807) is 18.2 Å². The van der Waals surface area contributed by atoms with Crippen molar-refractivity contribution in [1.82, 2.24) is 9.88 Å². The van der Waals surface area contributed by atoms with Gasteiger partial charge < -0.3 is 15.2 Å². The van der Waals surface area contributed by atoms with Crippen molar-refractivity contribution in [3.8, 4) is 0 Å². The summed E-state index contributed by atoms with van der Waals surface area (Å²) in [5.74, 6) is -1.70. The number of halogens is 2. The van der Waals surface area contributed by atoms with Gasteiger partial charge in [-0.15, -0.1) is 11.8 Å². The summed E-state index contributed by atoms with van der Waals surface area (Å²) in [4.78, 5) is 25.4. The first-order valence-corrected chi connectivity index (χ1v) is 11.3. The molecule has 2 N–H and O–H groups in total. The van der Waals surface area contributed by atoms with Gasteiger partial charge in [0.15, 0.2) is 0 Å². The molecule has 1 aromatic heterocycles. The van der Waals surface area contributed by atoms with Crippen LogP contribution in [0.3, 0.4) is 0 Å². The van der Waals surface area contributed by atoms with Gasteiger partial charge in [0.05, 0.1) is 17.0 Å². The van der Waals surface area contributed by atoms with Gasteiger partial charge in [0, 0.05) is 35.1 Å². The van der Waals surface area contributed by atoms with Crippen LogP contribution < -0.4 is 10.6 Å². The average molecular weight is 466 g/mol. The molecule has 168 valence electrons. The molecule has 0 aliphatic carbocycles. The zero-order valence-corrected chi connectivity index (χ0v) is 18.4. The number of hydrogen-bond acceptors (Lipinski definition) is 3. The molecule has 33 heavy (non-hydrogen) atoms. The molecule has 0 aliphatic rings. The molecule has 0 spiro atoms. The minimum atomic E-state index is -0.561. The predicted molar refractivity (Wildman–Crippen MR) is 126 cm³/mol. The van der Waals surface area contributed by atoms with Crippen molar-refractivity contribution in [2.45, 2.75) is 11.4 Å². The summed E-state index contributed by atoms with van der Waals surface area (Å²) < 4.78 is 29.5. The molecule has 0 unspecified atom stereocenters. The van der Waals surface area contributed by atoms with E-state index in [9.17, 15) is 18.4 Å². The lowest BCUT2D eigenvalue weighted by atomic mass is 10.2. The maximum Gasteiger partial charge on any atom is 0.254 e. The van der Waals surface area contributed by atoms with Crippen LogP contribution in [0.15, 0.2) is 83.9 Å². The molecule has 0 saturated carbocycles. The first kappa shape index (κ1) is 22.5. The Morgan fingerprint density at radius 3 is 2.36 bits per heavy atom. The van der Waals surface area contributed by atoms with Crippen LogP contribution in [-0.2, 0) is 11.3 Å². The third kappa shape index (κ3) is 5.40. The number of hydrogen-bond donors (Lipinski definition) is 2. The van der Waals surface area contributed by atoms with Crippen LogP contribution in [-0.4, -0.2) is 28.7 Å². The highest BCUT2D eigenvalue weighted by atomic mass is 32.2. The van der Waals surface area contributed by atoms with Gasteiger partial charge in [0.25, 0.3) is 5.91 Å². The van der Waals surface area contributed by atoms with E-state index in [1.807, 2.05) is 35.0 Å². The fourth-order valence-electron chi connectivity index (χ4n) is 3.44. The van der Waals surface area contributed by atoms with Gasteiger partial charge in [-0.1, -0.05) is 42.5 Å². The lowest BCUT2D eigenvalue weighted by molar-refractivity contribution is -0.113. The summed E-state index contributed by atoms with van der Waals surface area (Å²) in [5, 5.41) is 6.30. The first-order valence-electron chi connectivity index (χ1n) is 10.3. The lowest BCUT2D eigenvalue weighted by Crippen LogP contribution is -2.27. The van der Waals surface area contributed by atoms with Gasteiger partial charge >= 0.3 is 0 Å². The van der Waals surface area contributed by atoms with Crippen LogP contribution in [0.1, 0.15) is 10.4 Å². The molecule has 0 aliphatic heterocycles. The second-order valence-corrected chi connectivity index (χ2v) is 8.27. The predicted octanol–water partition coefficient (Wildman–Crippen LogP) is 5.08. The van der Waals surface area contributed by atoms with Gasteiger partial charge in [-0.25, -0.2) is 8.78 Å². The van der Waals surface area contributed by atoms with Crippen molar-refractivity contribution in [2.75, 3.05) is 17.6 Å². The normalized spacial score (nSPS) is 10.8. The quantitative estimate of drug-likeness (QED) is 0.357. The highest BCUT2D eigenvalue weighted by Crippen LogP contribution is 2.30. The Morgan fingerprint density at radius 1 is 0.879 bits per heavy atom. The molecule has 3 aromatic carbocycles. The van der Waals surface area contributed by atoms with Crippen LogP contribution in [0.5, 0.6) is 0 Å². The zero-order valence-electron chi connectivity index (χ0n) is 17.6. The van der Waals surface area contributed by atoms with Crippen molar-refractivity contribution in [2.24, 2.45) is 0 Å². The first-order chi connectivity index (χ1) is 16.0. The second kappa shape index (κ2) is 10.3. The SMILES string of the molecule is O=C(CSc1cn(CCNC(=O)c2ccccc2F)c2ccccc12)Nc1ccccc1F. The van der Waals surface area contributed by atoms with Crippen molar-refractivity contribution < 1.29 is 18.4 Å². The number of benzene rings is 3. The molecular weight excluding hydrogens is 444 g/mol. The van der Waals surface area contributed by atoms with E-state index in [2.05, 4.69) is 10.6 Å². The Labute approximate surface area is 193 Å². The van der Waals surface area contributed by atoms with Gasteiger partial charge in [0.2, 0.25) is 5.91 Å². The summed E-state index contributed by atoms with van der Waals surface area (Å²) in [5.41, 5.74) is 1.11. The van der Waals surface area contributed by atoms with Crippen molar-refractivity contribution in [1.29, 1.82) is 0 Å². The van der Waals surface area contributed by atoms with Crippen LogP contribution in [0.25, 0.3) is 10.9 Å². The Kier molecular flexibility index (Phi) is 7.04. The number of nitrogens with one attached hydrogen (secondary N) is 2. The number of fused-ring (bicyclic) bond motifs is 1. The highest BCUT2D eigenvalue weighted by Gasteiger charge is 2.13.